The fourth-order valence-electron chi connectivity index (χ4n) is 2.13. The zero-order valence-electron chi connectivity index (χ0n) is 14.7. The van der Waals surface area contributed by atoms with E-state index in [-0.39, 0.29) is 22.5 Å². The molecular formula is C17H15N5O4S3. The summed E-state index contributed by atoms with van der Waals surface area (Å²) in [6.07, 6.45) is 0. The van der Waals surface area contributed by atoms with Crippen LogP contribution in [0.15, 0.2) is 63.8 Å². The molecule has 1 heterocycles. The van der Waals surface area contributed by atoms with Crippen LogP contribution in [0.2, 0.25) is 0 Å². The zero-order chi connectivity index (χ0) is 20.9. The predicted molar refractivity (Wildman–Crippen MR) is 111 cm³/mol. The van der Waals surface area contributed by atoms with Gasteiger partial charge in [0, 0.05) is 11.3 Å². The largest absolute Gasteiger partial charge is 0.325 e. The number of nitrogens with one attached hydrogen (secondary N) is 2. The summed E-state index contributed by atoms with van der Waals surface area (Å²) < 4.78 is 23.0. The van der Waals surface area contributed by atoms with Gasteiger partial charge in [-0.05, 0) is 36.4 Å². The van der Waals surface area contributed by atoms with E-state index in [2.05, 4.69) is 20.8 Å². The minimum Gasteiger partial charge on any atom is -0.325 e. The van der Waals surface area contributed by atoms with Crippen molar-refractivity contribution in [3.63, 3.8) is 0 Å². The van der Waals surface area contributed by atoms with Crippen LogP contribution in [0.4, 0.5) is 10.8 Å². The van der Waals surface area contributed by atoms with Crippen molar-refractivity contribution in [3.8, 4) is 0 Å². The van der Waals surface area contributed by atoms with Gasteiger partial charge in [-0.15, -0.1) is 10.2 Å². The fraction of sp³-hybridized carbons (Fsp3) is 0.0588. The summed E-state index contributed by atoms with van der Waals surface area (Å²) in [5.74, 6) is -0.527. The molecule has 1 aromatic heterocycles. The van der Waals surface area contributed by atoms with Crippen molar-refractivity contribution in [3.05, 3.63) is 60.2 Å². The Hall–Kier alpha value is -2.80. The van der Waals surface area contributed by atoms with Gasteiger partial charge in [0.05, 0.1) is 10.6 Å². The van der Waals surface area contributed by atoms with Crippen LogP contribution in [-0.4, -0.2) is 36.2 Å². The van der Waals surface area contributed by atoms with Gasteiger partial charge in [-0.1, -0.05) is 41.3 Å². The average molecular weight is 450 g/mol. The third-order valence-electron chi connectivity index (χ3n) is 3.46. The number of carbonyl (C=O) groups excluding carboxylic acids is 2. The molecule has 0 unspecified atom stereocenters. The summed E-state index contributed by atoms with van der Waals surface area (Å²) in [4.78, 5) is 24.1. The molecule has 150 valence electrons. The molecule has 9 nitrogen and oxygen atoms in total. The van der Waals surface area contributed by atoms with E-state index in [1.54, 1.807) is 24.3 Å². The Kier molecular flexibility index (Phi) is 6.59. The SMILES string of the molecule is NS(=O)(=O)c1ccc(NC(=O)CSc2nnc(NC(=O)c3ccccc3)s2)cc1. The Balaban J connectivity index is 1.50. The van der Waals surface area contributed by atoms with E-state index in [4.69, 9.17) is 5.14 Å². The van der Waals surface area contributed by atoms with Crippen molar-refractivity contribution in [1.29, 1.82) is 0 Å². The van der Waals surface area contributed by atoms with Gasteiger partial charge in [0.2, 0.25) is 21.1 Å². The lowest BCUT2D eigenvalue weighted by Gasteiger charge is -2.05. The Labute approximate surface area is 174 Å². The summed E-state index contributed by atoms with van der Waals surface area (Å²) in [6.45, 7) is 0. The molecule has 0 radical (unpaired) electrons. The number of rotatable bonds is 7. The summed E-state index contributed by atoms with van der Waals surface area (Å²) >= 11 is 2.32. The van der Waals surface area contributed by atoms with E-state index in [1.807, 2.05) is 6.07 Å². The Morgan fingerprint density at radius 3 is 2.34 bits per heavy atom. The molecule has 0 saturated carbocycles. The second kappa shape index (κ2) is 9.13. The van der Waals surface area contributed by atoms with E-state index in [0.29, 0.717) is 20.7 Å². The topological polar surface area (TPSA) is 144 Å². The lowest BCUT2D eigenvalue weighted by molar-refractivity contribution is -0.113. The van der Waals surface area contributed by atoms with Crippen LogP contribution in [0.1, 0.15) is 10.4 Å². The second-order valence-corrected chi connectivity index (χ2v) is 9.36. The third-order valence-corrected chi connectivity index (χ3v) is 6.36. The van der Waals surface area contributed by atoms with Crippen LogP contribution in [0, 0.1) is 0 Å². The van der Waals surface area contributed by atoms with E-state index < -0.39 is 10.0 Å². The number of carbonyl (C=O) groups is 2. The molecule has 4 N–H and O–H groups in total. The number of primary sulfonamides is 1. The van der Waals surface area contributed by atoms with Crippen LogP contribution in [0.5, 0.6) is 0 Å². The third kappa shape index (κ3) is 6.09. The summed E-state index contributed by atoms with van der Waals surface area (Å²) in [5.41, 5.74) is 0.945. The molecular weight excluding hydrogens is 434 g/mol. The van der Waals surface area contributed by atoms with Gasteiger partial charge in [-0.2, -0.15) is 0 Å². The summed E-state index contributed by atoms with van der Waals surface area (Å²) in [6, 6.07) is 14.2. The molecule has 0 aliphatic carbocycles. The molecule has 0 atom stereocenters. The van der Waals surface area contributed by atoms with Crippen LogP contribution in [0.3, 0.4) is 0 Å². The van der Waals surface area contributed by atoms with Crippen LogP contribution in [0.25, 0.3) is 0 Å². The van der Waals surface area contributed by atoms with Crippen molar-refractivity contribution in [2.75, 3.05) is 16.4 Å². The molecule has 0 saturated heterocycles. The molecule has 3 rings (SSSR count). The van der Waals surface area contributed by atoms with Gasteiger partial charge in [0.25, 0.3) is 5.91 Å². The molecule has 2 amide bonds. The van der Waals surface area contributed by atoms with Crippen molar-refractivity contribution < 1.29 is 18.0 Å². The van der Waals surface area contributed by atoms with Gasteiger partial charge in [-0.3, -0.25) is 14.9 Å². The van der Waals surface area contributed by atoms with E-state index in [9.17, 15) is 18.0 Å². The number of hydrogen-bond donors (Lipinski definition) is 3. The Bertz CT molecular complexity index is 1120. The molecule has 12 heteroatoms. The van der Waals surface area contributed by atoms with Crippen LogP contribution < -0.4 is 15.8 Å². The quantitative estimate of drug-likeness (QED) is 0.370. The first kappa shape index (κ1) is 20.9. The van der Waals surface area contributed by atoms with Crippen molar-refractivity contribution in [2.24, 2.45) is 5.14 Å². The highest BCUT2D eigenvalue weighted by Crippen LogP contribution is 2.26. The lowest BCUT2D eigenvalue weighted by atomic mass is 10.2. The second-order valence-electron chi connectivity index (χ2n) is 5.60. The monoisotopic (exact) mass is 449 g/mol. The van der Waals surface area contributed by atoms with E-state index in [1.165, 1.54) is 24.3 Å². The summed E-state index contributed by atoms with van der Waals surface area (Å²) in [7, 11) is -3.78. The number of sulfonamides is 1. The Morgan fingerprint density at radius 2 is 1.69 bits per heavy atom. The van der Waals surface area contributed by atoms with Gasteiger partial charge in [0.15, 0.2) is 4.34 Å². The van der Waals surface area contributed by atoms with Crippen molar-refractivity contribution >= 4 is 55.8 Å². The first-order chi connectivity index (χ1) is 13.8. The highest BCUT2D eigenvalue weighted by atomic mass is 32.2. The highest BCUT2D eigenvalue weighted by molar-refractivity contribution is 8.01. The molecule has 29 heavy (non-hydrogen) atoms. The van der Waals surface area contributed by atoms with Crippen LogP contribution >= 0.6 is 23.1 Å². The van der Waals surface area contributed by atoms with Crippen molar-refractivity contribution in [2.45, 2.75) is 9.24 Å². The zero-order valence-corrected chi connectivity index (χ0v) is 17.2. The minimum atomic E-state index is -3.78. The first-order valence-corrected chi connectivity index (χ1v) is 11.4. The lowest BCUT2D eigenvalue weighted by Crippen LogP contribution is -2.15. The van der Waals surface area contributed by atoms with Gasteiger partial charge in [-0.25, -0.2) is 13.6 Å². The number of aromatic nitrogens is 2. The first-order valence-electron chi connectivity index (χ1n) is 8.07. The molecule has 0 bridgehead atoms. The number of benzene rings is 2. The maximum absolute atomic E-state index is 12.1. The normalized spacial score (nSPS) is 11.1. The number of amides is 2. The number of anilines is 2. The average Bonchev–Trinajstić information content (AvgIpc) is 3.14. The van der Waals surface area contributed by atoms with Crippen molar-refractivity contribution in [1.82, 2.24) is 10.2 Å². The van der Waals surface area contributed by atoms with E-state index >= 15 is 0 Å². The number of thioether (sulfide) groups is 1. The molecule has 0 aliphatic heterocycles. The Morgan fingerprint density at radius 1 is 1.00 bits per heavy atom. The maximum Gasteiger partial charge on any atom is 0.257 e. The number of nitrogens with zero attached hydrogens (tertiary/aromatic N) is 2. The van der Waals surface area contributed by atoms with E-state index in [0.717, 1.165) is 23.1 Å². The van der Waals surface area contributed by atoms with Gasteiger partial charge >= 0.3 is 0 Å². The summed E-state index contributed by atoms with van der Waals surface area (Å²) in [5, 5.41) is 18.5. The molecule has 0 fully saturated rings. The van der Waals surface area contributed by atoms with Gasteiger partial charge in [0.1, 0.15) is 0 Å². The predicted octanol–water partition coefficient (Wildman–Crippen LogP) is 2.17. The minimum absolute atomic E-state index is 0.0381. The highest BCUT2D eigenvalue weighted by Gasteiger charge is 2.12. The molecule has 0 spiro atoms. The number of hydrogen-bond acceptors (Lipinski definition) is 8. The van der Waals surface area contributed by atoms with Gasteiger partial charge < -0.3 is 5.32 Å². The standard InChI is InChI=1S/C17H15N5O4S3/c18-29(25,26)13-8-6-12(7-9-13)19-14(23)10-27-17-22-21-16(28-17)20-15(24)11-4-2-1-3-5-11/h1-9H,10H2,(H,19,23)(H2,18,25,26)(H,20,21,24). The van der Waals surface area contributed by atoms with Crippen LogP contribution in [-0.2, 0) is 14.8 Å². The smallest absolute Gasteiger partial charge is 0.257 e. The molecule has 0 aliphatic rings. The maximum atomic E-state index is 12.1. The fourth-order valence-corrected chi connectivity index (χ4v) is 4.19. The molecule has 3 aromatic rings. The molecule has 2 aromatic carbocycles. The number of nitrogens with two attached hydrogens (primary N) is 1.